The average Bonchev–Trinajstić information content (AvgIpc) is 3.19. The summed E-state index contributed by atoms with van der Waals surface area (Å²) in [5, 5.41) is 33.5. The molecule has 0 bridgehead atoms. The highest BCUT2D eigenvalue weighted by Gasteiger charge is 2.26. The number of nitrogens with one attached hydrogen (secondary N) is 1. The van der Waals surface area contributed by atoms with E-state index < -0.39 is 18.2 Å². The number of carbonyl (C=O) groups is 1. The minimum Gasteiger partial charge on any atom is -0.394 e. The standard InChI is InChI=1S/C50H101NO4/c1-3-5-7-9-11-13-15-16-17-18-19-20-21-22-23-24-25-26-27-28-29-30-31-32-33-34-35-37-39-41-43-45-49(54)51-47(46-52)50(55)48(53)44-42-40-38-36-14-12-10-8-6-4-2/h47-48,50,52-53,55H,3-46H2,1-2H3,(H,51,54). The Morgan fingerprint density at radius 3 is 0.873 bits per heavy atom. The van der Waals surface area contributed by atoms with Crippen LogP contribution in [0.25, 0.3) is 0 Å². The van der Waals surface area contributed by atoms with Crippen LogP contribution < -0.4 is 5.32 Å². The third-order valence-corrected chi connectivity index (χ3v) is 12.2. The van der Waals surface area contributed by atoms with Crippen molar-refractivity contribution in [2.24, 2.45) is 0 Å². The van der Waals surface area contributed by atoms with Crippen molar-refractivity contribution >= 4 is 5.91 Å². The van der Waals surface area contributed by atoms with Gasteiger partial charge in [0.05, 0.1) is 18.8 Å². The molecule has 0 saturated carbocycles. The van der Waals surface area contributed by atoms with Crippen molar-refractivity contribution in [3.8, 4) is 0 Å². The zero-order chi connectivity index (χ0) is 40.1. The predicted molar refractivity (Wildman–Crippen MR) is 241 cm³/mol. The predicted octanol–water partition coefficient (Wildman–Crippen LogP) is 15.0. The Hall–Kier alpha value is -0.650. The maximum Gasteiger partial charge on any atom is 0.220 e. The second-order valence-electron chi connectivity index (χ2n) is 17.7. The van der Waals surface area contributed by atoms with Crippen molar-refractivity contribution in [1.82, 2.24) is 5.32 Å². The summed E-state index contributed by atoms with van der Waals surface area (Å²) >= 11 is 0. The molecule has 5 heteroatoms. The normalized spacial score (nSPS) is 13.3. The first-order valence-electron chi connectivity index (χ1n) is 25.3. The molecule has 0 aromatic carbocycles. The van der Waals surface area contributed by atoms with E-state index in [1.54, 1.807) is 0 Å². The lowest BCUT2D eigenvalue weighted by Gasteiger charge is -2.26. The lowest BCUT2D eigenvalue weighted by atomic mass is 9.99. The largest absolute Gasteiger partial charge is 0.394 e. The SMILES string of the molecule is CCCCCCCCCCCCCCCCCCCCCCCCCCCCCCCCCC(=O)NC(CO)C(O)C(O)CCCCCCCCCCCC. The Morgan fingerprint density at radius 1 is 0.382 bits per heavy atom. The lowest BCUT2D eigenvalue weighted by molar-refractivity contribution is -0.124. The van der Waals surface area contributed by atoms with Crippen LogP contribution in [0.2, 0.25) is 0 Å². The highest BCUT2D eigenvalue weighted by Crippen LogP contribution is 2.18. The van der Waals surface area contributed by atoms with Gasteiger partial charge in [0, 0.05) is 6.42 Å². The van der Waals surface area contributed by atoms with Gasteiger partial charge in [-0.3, -0.25) is 4.79 Å². The number of carbonyl (C=O) groups excluding carboxylic acids is 1. The molecule has 3 unspecified atom stereocenters. The van der Waals surface area contributed by atoms with Gasteiger partial charge in [-0.05, 0) is 12.8 Å². The fraction of sp³-hybridized carbons (Fsp3) is 0.980. The molecule has 0 aromatic rings. The summed E-state index contributed by atoms with van der Waals surface area (Å²) < 4.78 is 0. The first-order chi connectivity index (χ1) is 27.1. The van der Waals surface area contributed by atoms with Gasteiger partial charge in [-0.15, -0.1) is 0 Å². The number of aliphatic hydroxyl groups excluding tert-OH is 3. The number of hydrogen-bond acceptors (Lipinski definition) is 4. The minimum atomic E-state index is -1.13. The molecule has 0 rings (SSSR count). The molecule has 0 aromatic heterocycles. The van der Waals surface area contributed by atoms with E-state index in [0.717, 1.165) is 38.5 Å². The van der Waals surface area contributed by atoms with Crippen molar-refractivity contribution in [1.29, 1.82) is 0 Å². The van der Waals surface area contributed by atoms with Crippen LogP contribution in [0.5, 0.6) is 0 Å². The van der Waals surface area contributed by atoms with E-state index in [2.05, 4.69) is 19.2 Å². The zero-order valence-corrected chi connectivity index (χ0v) is 37.6. The summed E-state index contributed by atoms with van der Waals surface area (Å²) in [6.07, 6.45) is 54.0. The third kappa shape index (κ3) is 41.3. The van der Waals surface area contributed by atoms with Crippen LogP contribution in [0.3, 0.4) is 0 Å². The van der Waals surface area contributed by atoms with Gasteiger partial charge < -0.3 is 20.6 Å². The van der Waals surface area contributed by atoms with Crippen LogP contribution in [0.1, 0.15) is 290 Å². The quantitative estimate of drug-likeness (QED) is 0.0463. The van der Waals surface area contributed by atoms with Gasteiger partial charge >= 0.3 is 0 Å². The summed E-state index contributed by atoms with van der Waals surface area (Å²) in [4.78, 5) is 12.4. The van der Waals surface area contributed by atoms with Gasteiger partial charge in [0.25, 0.3) is 0 Å². The molecular weight excluding hydrogens is 679 g/mol. The van der Waals surface area contributed by atoms with Crippen molar-refractivity contribution in [3.63, 3.8) is 0 Å². The fourth-order valence-electron chi connectivity index (χ4n) is 8.28. The molecule has 0 fully saturated rings. The van der Waals surface area contributed by atoms with Crippen molar-refractivity contribution in [2.75, 3.05) is 6.61 Å². The van der Waals surface area contributed by atoms with Gasteiger partial charge in [-0.2, -0.15) is 0 Å². The Bertz CT molecular complexity index is 733. The number of amides is 1. The molecule has 1 amide bonds. The molecular formula is C50H101NO4. The van der Waals surface area contributed by atoms with Crippen LogP contribution in [-0.4, -0.2) is 46.1 Å². The van der Waals surface area contributed by atoms with Crippen LogP contribution >= 0.6 is 0 Å². The number of rotatable bonds is 47. The van der Waals surface area contributed by atoms with Crippen LogP contribution in [0.15, 0.2) is 0 Å². The topological polar surface area (TPSA) is 89.8 Å². The molecule has 0 radical (unpaired) electrons. The number of aliphatic hydroxyl groups is 3. The smallest absolute Gasteiger partial charge is 0.220 e. The minimum absolute atomic E-state index is 0.139. The lowest BCUT2D eigenvalue weighted by Crippen LogP contribution is -2.50. The van der Waals surface area contributed by atoms with Crippen molar-refractivity contribution in [2.45, 2.75) is 308 Å². The van der Waals surface area contributed by atoms with E-state index in [1.165, 1.54) is 225 Å². The van der Waals surface area contributed by atoms with Crippen LogP contribution in [0.4, 0.5) is 0 Å². The molecule has 0 aliphatic heterocycles. The summed E-state index contributed by atoms with van der Waals surface area (Å²) in [6.45, 7) is 4.19. The van der Waals surface area contributed by atoms with Crippen LogP contribution in [-0.2, 0) is 4.79 Å². The average molecular weight is 780 g/mol. The fourth-order valence-corrected chi connectivity index (χ4v) is 8.28. The molecule has 0 saturated heterocycles. The maximum atomic E-state index is 12.4. The second-order valence-corrected chi connectivity index (χ2v) is 17.7. The third-order valence-electron chi connectivity index (χ3n) is 12.2. The second kappa shape index (κ2) is 46.0. The van der Waals surface area contributed by atoms with E-state index in [1.807, 2.05) is 0 Å². The molecule has 55 heavy (non-hydrogen) atoms. The summed E-state index contributed by atoms with van der Waals surface area (Å²) in [7, 11) is 0. The molecule has 4 N–H and O–H groups in total. The Morgan fingerprint density at radius 2 is 0.618 bits per heavy atom. The van der Waals surface area contributed by atoms with E-state index in [0.29, 0.717) is 12.8 Å². The molecule has 330 valence electrons. The van der Waals surface area contributed by atoms with Crippen molar-refractivity contribution in [3.05, 3.63) is 0 Å². The van der Waals surface area contributed by atoms with E-state index in [-0.39, 0.29) is 12.5 Å². The van der Waals surface area contributed by atoms with Gasteiger partial charge in [-0.1, -0.05) is 271 Å². The van der Waals surface area contributed by atoms with Gasteiger partial charge in [0.2, 0.25) is 5.91 Å². The number of unbranched alkanes of at least 4 members (excludes halogenated alkanes) is 39. The van der Waals surface area contributed by atoms with E-state index in [9.17, 15) is 20.1 Å². The molecule has 5 nitrogen and oxygen atoms in total. The maximum absolute atomic E-state index is 12.4. The highest BCUT2D eigenvalue weighted by atomic mass is 16.3. The molecule has 3 atom stereocenters. The van der Waals surface area contributed by atoms with E-state index in [4.69, 9.17) is 0 Å². The molecule has 0 heterocycles. The Balaban J connectivity index is 3.42. The molecule has 0 aliphatic rings. The van der Waals surface area contributed by atoms with Gasteiger partial charge in [0.15, 0.2) is 0 Å². The highest BCUT2D eigenvalue weighted by molar-refractivity contribution is 5.76. The first-order valence-corrected chi connectivity index (χ1v) is 25.3. The van der Waals surface area contributed by atoms with E-state index >= 15 is 0 Å². The Labute approximate surface area is 345 Å². The summed E-state index contributed by atoms with van der Waals surface area (Å²) in [5.41, 5.74) is 0. The summed E-state index contributed by atoms with van der Waals surface area (Å²) in [5.74, 6) is -0.139. The van der Waals surface area contributed by atoms with Crippen LogP contribution in [0, 0.1) is 0 Å². The monoisotopic (exact) mass is 780 g/mol. The molecule has 0 aliphatic carbocycles. The number of hydrogen-bond donors (Lipinski definition) is 4. The Kier molecular flexibility index (Phi) is 45.5. The first kappa shape index (κ1) is 54.3. The summed E-state index contributed by atoms with van der Waals surface area (Å²) in [6, 6.07) is -0.802. The molecule has 0 spiro atoms. The van der Waals surface area contributed by atoms with Gasteiger partial charge in [0.1, 0.15) is 6.10 Å². The van der Waals surface area contributed by atoms with Gasteiger partial charge in [-0.25, -0.2) is 0 Å². The van der Waals surface area contributed by atoms with Crippen molar-refractivity contribution < 1.29 is 20.1 Å². The zero-order valence-electron chi connectivity index (χ0n) is 37.6.